The standard InChI is InChI=1S/C21H19FN2O4S/c1-3-28-16-9-6-14(12-17(16)27-2)20(25)23-24-21(26)19-11-10-18(29-19)13-4-7-15(22)8-5-13/h4-12H,3H2,1-2H3,(H,23,25)(H,24,26). The van der Waals surface area contributed by atoms with Crippen LogP contribution in [-0.2, 0) is 0 Å². The van der Waals surface area contributed by atoms with Crippen LogP contribution in [0.2, 0.25) is 0 Å². The average molecular weight is 414 g/mol. The van der Waals surface area contributed by atoms with E-state index in [-0.39, 0.29) is 5.82 Å². The number of hydrazine groups is 1. The van der Waals surface area contributed by atoms with Gasteiger partial charge in [0.15, 0.2) is 11.5 Å². The minimum atomic E-state index is -0.491. The van der Waals surface area contributed by atoms with Gasteiger partial charge in [0.2, 0.25) is 0 Å². The molecule has 3 rings (SSSR count). The molecule has 0 aliphatic heterocycles. The van der Waals surface area contributed by atoms with Crippen LogP contribution in [-0.4, -0.2) is 25.5 Å². The topological polar surface area (TPSA) is 76.7 Å². The maximum absolute atomic E-state index is 13.0. The van der Waals surface area contributed by atoms with Crippen molar-refractivity contribution < 1.29 is 23.5 Å². The van der Waals surface area contributed by atoms with Gasteiger partial charge < -0.3 is 9.47 Å². The van der Waals surface area contributed by atoms with E-state index >= 15 is 0 Å². The molecule has 0 aliphatic carbocycles. The highest BCUT2D eigenvalue weighted by Crippen LogP contribution is 2.29. The van der Waals surface area contributed by atoms with Crippen LogP contribution < -0.4 is 20.3 Å². The first-order valence-electron chi connectivity index (χ1n) is 8.79. The van der Waals surface area contributed by atoms with Gasteiger partial charge in [-0.3, -0.25) is 20.4 Å². The van der Waals surface area contributed by atoms with E-state index in [0.717, 1.165) is 10.4 Å². The number of ether oxygens (including phenoxy) is 2. The van der Waals surface area contributed by atoms with Crippen molar-refractivity contribution in [3.8, 4) is 21.9 Å². The summed E-state index contributed by atoms with van der Waals surface area (Å²) in [7, 11) is 1.48. The Labute approximate surface area is 171 Å². The Balaban J connectivity index is 1.63. The number of carbonyl (C=O) groups excluding carboxylic acids is 2. The Morgan fingerprint density at radius 2 is 1.69 bits per heavy atom. The largest absolute Gasteiger partial charge is 0.493 e. The lowest BCUT2D eigenvalue weighted by Gasteiger charge is -2.11. The van der Waals surface area contributed by atoms with Gasteiger partial charge in [-0.25, -0.2) is 4.39 Å². The molecule has 2 aromatic carbocycles. The van der Waals surface area contributed by atoms with Gasteiger partial charge in [0.1, 0.15) is 5.82 Å². The Hall–Kier alpha value is -3.39. The first-order chi connectivity index (χ1) is 14.0. The fraction of sp³-hybridized carbons (Fsp3) is 0.143. The predicted molar refractivity (Wildman–Crippen MR) is 109 cm³/mol. The number of amides is 2. The molecule has 2 N–H and O–H groups in total. The van der Waals surface area contributed by atoms with Crippen molar-refractivity contribution in [3.63, 3.8) is 0 Å². The first kappa shape index (κ1) is 20.3. The molecule has 0 radical (unpaired) electrons. The molecule has 150 valence electrons. The number of hydrogen-bond donors (Lipinski definition) is 2. The van der Waals surface area contributed by atoms with Gasteiger partial charge in [-0.2, -0.15) is 0 Å². The van der Waals surface area contributed by atoms with Crippen molar-refractivity contribution in [2.75, 3.05) is 13.7 Å². The molecule has 0 spiro atoms. The highest BCUT2D eigenvalue weighted by molar-refractivity contribution is 7.17. The van der Waals surface area contributed by atoms with Crippen molar-refractivity contribution in [3.05, 3.63) is 70.9 Å². The molecule has 0 unspecified atom stereocenters. The number of benzene rings is 2. The third-order valence-electron chi connectivity index (χ3n) is 3.97. The number of hydrogen-bond acceptors (Lipinski definition) is 5. The van der Waals surface area contributed by atoms with Crippen LogP contribution in [0.25, 0.3) is 10.4 Å². The van der Waals surface area contributed by atoms with E-state index in [1.54, 1.807) is 36.4 Å². The Kier molecular flexibility index (Phi) is 6.46. The molecular formula is C21H19FN2O4S. The zero-order valence-electron chi connectivity index (χ0n) is 15.8. The van der Waals surface area contributed by atoms with E-state index in [2.05, 4.69) is 10.9 Å². The molecule has 0 saturated carbocycles. The molecule has 0 bridgehead atoms. The number of carbonyl (C=O) groups is 2. The molecule has 1 aromatic heterocycles. The SMILES string of the molecule is CCOc1ccc(C(=O)NNC(=O)c2ccc(-c3ccc(F)cc3)s2)cc1OC. The molecule has 6 nitrogen and oxygen atoms in total. The summed E-state index contributed by atoms with van der Waals surface area (Å²) >= 11 is 1.24. The second-order valence-corrected chi connectivity index (χ2v) is 6.96. The second kappa shape index (κ2) is 9.20. The van der Waals surface area contributed by atoms with E-state index in [1.165, 1.54) is 36.6 Å². The van der Waals surface area contributed by atoms with Crippen LogP contribution in [0.1, 0.15) is 27.0 Å². The summed E-state index contributed by atoms with van der Waals surface area (Å²) in [6.45, 7) is 2.32. The molecule has 0 aliphatic rings. The molecule has 0 fully saturated rings. The van der Waals surface area contributed by atoms with Crippen molar-refractivity contribution in [1.29, 1.82) is 0 Å². The van der Waals surface area contributed by atoms with Gasteiger partial charge in [0.25, 0.3) is 11.8 Å². The third kappa shape index (κ3) is 4.91. The number of thiophene rings is 1. The van der Waals surface area contributed by atoms with Crippen molar-refractivity contribution in [2.24, 2.45) is 0 Å². The molecule has 8 heteroatoms. The zero-order valence-corrected chi connectivity index (χ0v) is 16.6. The number of methoxy groups -OCH3 is 1. The van der Waals surface area contributed by atoms with E-state index in [1.807, 2.05) is 6.92 Å². The van der Waals surface area contributed by atoms with Gasteiger partial charge in [-0.05, 0) is 55.0 Å². The molecule has 29 heavy (non-hydrogen) atoms. The lowest BCUT2D eigenvalue weighted by atomic mass is 10.2. The lowest BCUT2D eigenvalue weighted by Crippen LogP contribution is -2.41. The summed E-state index contributed by atoms with van der Waals surface area (Å²) in [6, 6.07) is 14.2. The molecule has 3 aromatic rings. The van der Waals surface area contributed by atoms with Gasteiger partial charge in [0.05, 0.1) is 18.6 Å². The van der Waals surface area contributed by atoms with Crippen LogP contribution in [0.5, 0.6) is 11.5 Å². The third-order valence-corrected chi connectivity index (χ3v) is 5.11. The summed E-state index contributed by atoms with van der Waals surface area (Å²) in [4.78, 5) is 25.9. The van der Waals surface area contributed by atoms with Crippen LogP contribution in [0.15, 0.2) is 54.6 Å². The summed E-state index contributed by atoms with van der Waals surface area (Å²) in [6.07, 6.45) is 0. The monoisotopic (exact) mass is 414 g/mol. The van der Waals surface area contributed by atoms with Gasteiger partial charge in [-0.1, -0.05) is 12.1 Å². The minimum Gasteiger partial charge on any atom is -0.493 e. The van der Waals surface area contributed by atoms with Crippen LogP contribution in [0.4, 0.5) is 4.39 Å². The van der Waals surface area contributed by atoms with E-state index in [4.69, 9.17) is 9.47 Å². The zero-order chi connectivity index (χ0) is 20.8. The van der Waals surface area contributed by atoms with Crippen molar-refractivity contribution in [2.45, 2.75) is 6.92 Å². The Bertz CT molecular complexity index is 1020. The maximum Gasteiger partial charge on any atom is 0.279 e. The smallest absolute Gasteiger partial charge is 0.279 e. The summed E-state index contributed by atoms with van der Waals surface area (Å²) in [5, 5.41) is 0. The van der Waals surface area contributed by atoms with Crippen molar-refractivity contribution in [1.82, 2.24) is 10.9 Å². The highest BCUT2D eigenvalue weighted by Gasteiger charge is 2.14. The second-order valence-electron chi connectivity index (χ2n) is 5.88. The number of halogens is 1. The minimum absolute atomic E-state index is 0.309. The van der Waals surface area contributed by atoms with Crippen molar-refractivity contribution >= 4 is 23.2 Å². The predicted octanol–water partition coefficient (Wildman–Crippen LogP) is 4.04. The molecular weight excluding hydrogens is 395 g/mol. The molecule has 0 atom stereocenters. The Morgan fingerprint density at radius 1 is 0.966 bits per heavy atom. The first-order valence-corrected chi connectivity index (χ1v) is 9.60. The van der Waals surface area contributed by atoms with E-state index in [9.17, 15) is 14.0 Å². The van der Waals surface area contributed by atoms with Gasteiger partial charge >= 0.3 is 0 Å². The molecule has 1 heterocycles. The maximum atomic E-state index is 13.0. The highest BCUT2D eigenvalue weighted by atomic mass is 32.1. The van der Waals surface area contributed by atoms with E-state index < -0.39 is 11.8 Å². The number of rotatable bonds is 6. The van der Waals surface area contributed by atoms with Crippen LogP contribution in [0, 0.1) is 5.82 Å². The van der Waals surface area contributed by atoms with Gasteiger partial charge in [-0.15, -0.1) is 11.3 Å². The number of nitrogens with one attached hydrogen (secondary N) is 2. The summed E-state index contributed by atoms with van der Waals surface area (Å²) < 4.78 is 23.7. The van der Waals surface area contributed by atoms with Crippen LogP contribution >= 0.6 is 11.3 Å². The van der Waals surface area contributed by atoms with Gasteiger partial charge in [0, 0.05) is 10.4 Å². The average Bonchev–Trinajstić information content (AvgIpc) is 3.23. The van der Waals surface area contributed by atoms with E-state index in [0.29, 0.717) is 28.5 Å². The van der Waals surface area contributed by atoms with Crippen LogP contribution in [0.3, 0.4) is 0 Å². The quantitative estimate of drug-likeness (QED) is 0.597. The summed E-state index contributed by atoms with van der Waals surface area (Å²) in [5.74, 6) is -0.308. The Morgan fingerprint density at radius 3 is 2.38 bits per heavy atom. The summed E-state index contributed by atoms with van der Waals surface area (Å²) in [5.41, 5.74) is 5.88. The fourth-order valence-corrected chi connectivity index (χ4v) is 3.47. The molecule has 2 amide bonds. The molecule has 0 saturated heterocycles. The lowest BCUT2D eigenvalue weighted by molar-refractivity contribution is 0.0848. The fourth-order valence-electron chi connectivity index (χ4n) is 2.56. The normalized spacial score (nSPS) is 10.3.